The van der Waals surface area contributed by atoms with Crippen LogP contribution < -0.4 is 10.6 Å². The van der Waals surface area contributed by atoms with Crippen molar-refractivity contribution in [3.05, 3.63) is 30.1 Å². The quantitative estimate of drug-likeness (QED) is 0.788. The molecule has 3 aromatic rings. The van der Waals surface area contributed by atoms with Crippen LogP contribution in [0.4, 0.5) is 5.82 Å². The number of nitrogens with two attached hydrogens (primary N) is 1. The molecule has 116 valence electrons. The van der Waals surface area contributed by atoms with Crippen molar-refractivity contribution in [1.29, 1.82) is 0 Å². The van der Waals surface area contributed by atoms with E-state index in [1.54, 1.807) is 0 Å². The summed E-state index contributed by atoms with van der Waals surface area (Å²) in [5.41, 5.74) is 8.41. The first-order valence-electron chi connectivity index (χ1n) is 7.53. The molecule has 2 heterocycles. The number of para-hydroxylation sites is 1. The number of nitrogens with zero attached hydrogens (tertiary/aromatic N) is 3. The van der Waals surface area contributed by atoms with Crippen LogP contribution in [0.2, 0.25) is 0 Å². The van der Waals surface area contributed by atoms with Gasteiger partial charge in [-0.25, -0.2) is 9.97 Å². The van der Waals surface area contributed by atoms with E-state index in [1.165, 1.54) is 0 Å². The number of hydrogen-bond acceptors (Lipinski definition) is 4. The van der Waals surface area contributed by atoms with Crippen LogP contribution in [-0.2, 0) is 5.41 Å². The summed E-state index contributed by atoms with van der Waals surface area (Å²) >= 11 is 0. The fourth-order valence-electron chi connectivity index (χ4n) is 2.56. The van der Waals surface area contributed by atoms with E-state index in [0.29, 0.717) is 11.3 Å². The average molecular weight is 298 g/mol. The van der Waals surface area contributed by atoms with Crippen LogP contribution >= 0.6 is 0 Å². The summed E-state index contributed by atoms with van der Waals surface area (Å²) in [5.74, 6) is 1.28. The zero-order valence-electron chi connectivity index (χ0n) is 13.7. The van der Waals surface area contributed by atoms with Gasteiger partial charge in [-0.05, 0) is 19.9 Å². The highest BCUT2D eigenvalue weighted by molar-refractivity contribution is 6.06. The van der Waals surface area contributed by atoms with Gasteiger partial charge >= 0.3 is 0 Å². The topological polar surface area (TPSA) is 66.0 Å². The molecule has 5 nitrogen and oxygen atoms in total. The van der Waals surface area contributed by atoms with Crippen molar-refractivity contribution in [2.45, 2.75) is 46.1 Å². The largest absolute Gasteiger partial charge is 0.409 e. The van der Waals surface area contributed by atoms with E-state index in [1.807, 2.05) is 42.8 Å². The normalized spacial score (nSPS) is 12.5. The highest BCUT2D eigenvalue weighted by Crippen LogP contribution is 2.32. The third-order valence-corrected chi connectivity index (χ3v) is 3.47. The molecule has 2 N–H and O–H groups in total. The third-order valence-electron chi connectivity index (χ3n) is 3.47. The van der Waals surface area contributed by atoms with Gasteiger partial charge in [-0.15, -0.1) is 0 Å². The summed E-state index contributed by atoms with van der Waals surface area (Å²) in [6, 6.07) is 7.92. The first-order valence-corrected chi connectivity index (χ1v) is 7.53. The van der Waals surface area contributed by atoms with Gasteiger partial charge in [-0.1, -0.05) is 39.0 Å². The Labute approximate surface area is 130 Å². The van der Waals surface area contributed by atoms with Crippen LogP contribution in [0.1, 0.15) is 40.4 Å². The lowest BCUT2D eigenvalue weighted by molar-refractivity contribution is 0.0570. The van der Waals surface area contributed by atoms with Crippen molar-refractivity contribution in [2.24, 2.45) is 0 Å². The number of benzene rings is 1. The van der Waals surface area contributed by atoms with Crippen molar-refractivity contribution in [2.75, 3.05) is 5.73 Å². The Bertz CT molecular complexity index is 843. The second kappa shape index (κ2) is 4.87. The second-order valence-corrected chi connectivity index (χ2v) is 6.85. The minimum atomic E-state index is -0.165. The molecule has 0 saturated carbocycles. The van der Waals surface area contributed by atoms with E-state index in [4.69, 9.17) is 15.6 Å². The molecule has 0 atom stereocenters. The number of pyridine rings is 1. The van der Waals surface area contributed by atoms with Crippen molar-refractivity contribution in [1.82, 2.24) is 14.7 Å². The molecule has 0 amide bonds. The predicted molar refractivity (Wildman–Crippen MR) is 89.9 cm³/mol. The van der Waals surface area contributed by atoms with Crippen LogP contribution in [0.3, 0.4) is 0 Å². The Morgan fingerprint density at radius 3 is 2.45 bits per heavy atom. The van der Waals surface area contributed by atoms with Gasteiger partial charge in [-0.2, -0.15) is 4.73 Å². The molecule has 0 bridgehead atoms. The highest BCUT2D eigenvalue weighted by atomic mass is 16.7. The Morgan fingerprint density at radius 1 is 1.14 bits per heavy atom. The number of rotatable bonds is 2. The number of hydrogen-bond donors (Lipinski definition) is 1. The summed E-state index contributed by atoms with van der Waals surface area (Å²) in [7, 11) is 0. The van der Waals surface area contributed by atoms with E-state index in [9.17, 15) is 0 Å². The van der Waals surface area contributed by atoms with Crippen LogP contribution in [0.5, 0.6) is 0 Å². The molecule has 1 aromatic carbocycles. The van der Waals surface area contributed by atoms with Crippen molar-refractivity contribution in [3.8, 4) is 0 Å². The summed E-state index contributed by atoms with van der Waals surface area (Å²) in [6.45, 7) is 10.3. The fraction of sp³-hybridized carbons (Fsp3) is 0.412. The van der Waals surface area contributed by atoms with Gasteiger partial charge in [0.1, 0.15) is 17.1 Å². The minimum Gasteiger partial charge on any atom is -0.409 e. The zero-order valence-corrected chi connectivity index (χ0v) is 13.7. The molecule has 5 heteroatoms. The van der Waals surface area contributed by atoms with Crippen LogP contribution in [-0.4, -0.2) is 20.8 Å². The molecule has 0 saturated heterocycles. The maximum atomic E-state index is 6.14. The molecule has 0 aliphatic carbocycles. The zero-order chi connectivity index (χ0) is 16.1. The molecule has 0 aliphatic rings. The molecule has 2 aromatic heterocycles. The van der Waals surface area contributed by atoms with Gasteiger partial charge in [0.2, 0.25) is 0 Å². The lowest BCUT2D eigenvalue weighted by Gasteiger charge is -2.21. The second-order valence-electron chi connectivity index (χ2n) is 6.85. The summed E-state index contributed by atoms with van der Waals surface area (Å²) in [4.78, 5) is 15.3. The predicted octanol–water partition coefficient (Wildman–Crippen LogP) is 3.30. The van der Waals surface area contributed by atoms with Crippen LogP contribution in [0.25, 0.3) is 21.9 Å². The Balaban J connectivity index is 2.48. The average Bonchev–Trinajstić information content (AvgIpc) is 2.78. The Kier molecular flexibility index (Phi) is 3.24. The van der Waals surface area contributed by atoms with Crippen molar-refractivity contribution in [3.63, 3.8) is 0 Å². The minimum absolute atomic E-state index is 0.0339. The van der Waals surface area contributed by atoms with E-state index in [2.05, 4.69) is 25.8 Å². The monoisotopic (exact) mass is 298 g/mol. The number of nitrogen functional groups attached to an aromatic ring is 1. The molecule has 0 spiro atoms. The molecule has 0 fully saturated rings. The first kappa shape index (κ1) is 14.6. The standard InChI is InChI=1S/C17H22N4O/c1-10(2)22-21-14-11-8-6-7-9-12(11)19-15(18)13(14)20-16(21)17(3,4)5/h6-10H,1-5H3,(H2,18,19). The van der Waals surface area contributed by atoms with Gasteiger partial charge < -0.3 is 10.6 Å². The van der Waals surface area contributed by atoms with Crippen LogP contribution in [0, 0.1) is 0 Å². The maximum absolute atomic E-state index is 6.14. The Morgan fingerprint density at radius 2 is 1.82 bits per heavy atom. The SMILES string of the molecule is CC(C)On1c(C(C)(C)C)nc2c(N)nc3ccccc3c21. The van der Waals surface area contributed by atoms with E-state index < -0.39 is 0 Å². The lowest BCUT2D eigenvalue weighted by atomic mass is 9.96. The van der Waals surface area contributed by atoms with Gasteiger partial charge in [0.25, 0.3) is 0 Å². The number of anilines is 1. The molecule has 0 unspecified atom stereocenters. The number of imidazole rings is 1. The van der Waals surface area contributed by atoms with Gasteiger partial charge in [-0.3, -0.25) is 0 Å². The highest BCUT2D eigenvalue weighted by Gasteiger charge is 2.27. The maximum Gasteiger partial charge on any atom is 0.152 e. The summed E-state index contributed by atoms with van der Waals surface area (Å²) in [6.07, 6.45) is 0.0339. The smallest absolute Gasteiger partial charge is 0.152 e. The van der Waals surface area contributed by atoms with Crippen molar-refractivity contribution < 1.29 is 4.84 Å². The molecule has 3 rings (SSSR count). The van der Waals surface area contributed by atoms with Gasteiger partial charge in [0.05, 0.1) is 5.52 Å². The molecule has 0 aliphatic heterocycles. The first-order chi connectivity index (χ1) is 10.3. The van der Waals surface area contributed by atoms with E-state index >= 15 is 0 Å². The summed E-state index contributed by atoms with van der Waals surface area (Å²) in [5, 5.41) is 0.996. The van der Waals surface area contributed by atoms with Gasteiger partial charge in [0.15, 0.2) is 11.6 Å². The van der Waals surface area contributed by atoms with Crippen molar-refractivity contribution >= 4 is 27.8 Å². The van der Waals surface area contributed by atoms with E-state index in [-0.39, 0.29) is 11.5 Å². The van der Waals surface area contributed by atoms with Crippen LogP contribution in [0.15, 0.2) is 24.3 Å². The third kappa shape index (κ3) is 2.26. The lowest BCUT2D eigenvalue weighted by Crippen LogP contribution is -2.27. The number of aromatic nitrogens is 3. The fourth-order valence-corrected chi connectivity index (χ4v) is 2.56. The Hall–Kier alpha value is -2.30. The number of fused-ring (bicyclic) bond motifs is 3. The molecular formula is C17H22N4O. The summed E-state index contributed by atoms with van der Waals surface area (Å²) < 4.78 is 1.83. The molecular weight excluding hydrogens is 276 g/mol. The van der Waals surface area contributed by atoms with E-state index in [0.717, 1.165) is 22.2 Å². The molecule has 22 heavy (non-hydrogen) atoms. The van der Waals surface area contributed by atoms with Gasteiger partial charge in [0, 0.05) is 10.8 Å². The molecule has 0 radical (unpaired) electrons.